The minimum atomic E-state index is -0.968. The van der Waals surface area contributed by atoms with Crippen molar-refractivity contribution in [1.29, 1.82) is 0 Å². The third-order valence-corrected chi connectivity index (χ3v) is 4.06. The van der Waals surface area contributed by atoms with Crippen LogP contribution in [0.1, 0.15) is 6.92 Å². The molecule has 1 rings (SSSR count). The molecule has 0 saturated carbocycles. The molecule has 1 aliphatic rings. The minimum absolute atomic E-state index is 0.0335. The van der Waals surface area contributed by atoms with E-state index in [-0.39, 0.29) is 25.3 Å². The molecule has 0 aromatic heterocycles. The average Bonchev–Trinajstić information content (AvgIpc) is 2.45. The molecule has 5 atom stereocenters. The van der Waals surface area contributed by atoms with E-state index in [1.54, 1.807) is 0 Å². The number of hydrogen-bond donors (Lipinski definition) is 0. The molecule has 0 unspecified atom stereocenters. The summed E-state index contributed by atoms with van der Waals surface area (Å²) in [6.45, 7) is 2.54. The SMILES string of the molecule is CCS[C@@H]1O[C@H](CCl)[C@@H](OC=O)[C@H](OC=O)[C@H]1OC=O. The quantitative estimate of drug-likeness (QED) is 0.340. The van der Waals surface area contributed by atoms with E-state index in [0.717, 1.165) is 0 Å². The first-order chi connectivity index (χ1) is 9.73. The Labute approximate surface area is 125 Å². The lowest BCUT2D eigenvalue weighted by Gasteiger charge is -2.42. The number of halogens is 1. The van der Waals surface area contributed by atoms with Gasteiger partial charge in [0.1, 0.15) is 11.5 Å². The van der Waals surface area contributed by atoms with Crippen molar-refractivity contribution in [1.82, 2.24) is 0 Å². The van der Waals surface area contributed by atoms with Gasteiger partial charge in [-0.3, -0.25) is 14.4 Å². The molecule has 7 nitrogen and oxygen atoms in total. The van der Waals surface area contributed by atoms with Crippen LogP contribution in [-0.2, 0) is 33.3 Å². The first-order valence-electron chi connectivity index (χ1n) is 5.83. The maximum Gasteiger partial charge on any atom is 0.293 e. The summed E-state index contributed by atoms with van der Waals surface area (Å²) < 4.78 is 20.4. The maximum atomic E-state index is 10.6. The van der Waals surface area contributed by atoms with Crippen LogP contribution in [0.15, 0.2) is 0 Å². The Morgan fingerprint density at radius 1 is 1.05 bits per heavy atom. The summed E-state index contributed by atoms with van der Waals surface area (Å²) in [5.74, 6) is 0.719. The van der Waals surface area contributed by atoms with Crippen LogP contribution < -0.4 is 0 Å². The number of carbonyl (C=O) groups is 3. The highest BCUT2D eigenvalue weighted by atomic mass is 35.5. The molecule has 0 bridgehead atoms. The Hall–Kier alpha value is -0.990. The van der Waals surface area contributed by atoms with Crippen molar-refractivity contribution in [2.24, 2.45) is 0 Å². The van der Waals surface area contributed by atoms with Gasteiger partial charge in [0, 0.05) is 0 Å². The minimum Gasteiger partial charge on any atom is -0.458 e. The molecule has 0 N–H and O–H groups in total. The normalized spacial score (nSPS) is 33.0. The largest absolute Gasteiger partial charge is 0.458 e. The lowest BCUT2D eigenvalue weighted by atomic mass is 10.0. The van der Waals surface area contributed by atoms with E-state index in [2.05, 4.69) is 0 Å². The fourth-order valence-corrected chi connectivity index (χ4v) is 3.16. The molecular weight excluding hydrogens is 312 g/mol. The molecule has 0 amide bonds. The van der Waals surface area contributed by atoms with E-state index in [9.17, 15) is 14.4 Å². The summed E-state index contributed by atoms with van der Waals surface area (Å²) >= 11 is 7.15. The van der Waals surface area contributed by atoms with Crippen molar-refractivity contribution in [3.05, 3.63) is 0 Å². The third kappa shape index (κ3) is 4.00. The van der Waals surface area contributed by atoms with Crippen LogP contribution in [0.2, 0.25) is 0 Å². The van der Waals surface area contributed by atoms with E-state index in [1.165, 1.54) is 11.8 Å². The molecule has 20 heavy (non-hydrogen) atoms. The summed E-state index contributed by atoms with van der Waals surface area (Å²) in [6, 6.07) is 0. The molecular formula is C11H15ClO7S. The number of rotatable bonds is 9. The van der Waals surface area contributed by atoms with Crippen LogP contribution in [0, 0.1) is 0 Å². The van der Waals surface area contributed by atoms with Crippen LogP contribution in [0.5, 0.6) is 0 Å². The van der Waals surface area contributed by atoms with E-state index in [0.29, 0.717) is 5.75 Å². The molecule has 1 fully saturated rings. The predicted octanol–water partition coefficient (Wildman–Crippen LogP) is 0.328. The highest BCUT2D eigenvalue weighted by Gasteiger charge is 2.50. The molecule has 1 heterocycles. The van der Waals surface area contributed by atoms with Gasteiger partial charge in [-0.2, -0.15) is 0 Å². The van der Waals surface area contributed by atoms with E-state index < -0.39 is 29.9 Å². The molecule has 0 aromatic carbocycles. The van der Waals surface area contributed by atoms with Crippen molar-refractivity contribution in [2.75, 3.05) is 11.6 Å². The zero-order valence-electron chi connectivity index (χ0n) is 10.7. The fraction of sp³-hybridized carbons (Fsp3) is 0.727. The number of alkyl halides is 1. The van der Waals surface area contributed by atoms with Gasteiger partial charge in [-0.15, -0.1) is 23.4 Å². The Morgan fingerprint density at radius 3 is 2.10 bits per heavy atom. The highest BCUT2D eigenvalue weighted by molar-refractivity contribution is 7.99. The van der Waals surface area contributed by atoms with Crippen molar-refractivity contribution < 1.29 is 33.3 Å². The average molecular weight is 327 g/mol. The summed E-state index contributed by atoms with van der Waals surface area (Å²) in [4.78, 5) is 31.8. The smallest absolute Gasteiger partial charge is 0.293 e. The van der Waals surface area contributed by atoms with Gasteiger partial charge in [-0.05, 0) is 5.75 Å². The van der Waals surface area contributed by atoms with Crippen molar-refractivity contribution in [3.8, 4) is 0 Å². The second-order valence-electron chi connectivity index (χ2n) is 3.74. The lowest BCUT2D eigenvalue weighted by Crippen LogP contribution is -2.59. The zero-order chi connectivity index (χ0) is 15.0. The Balaban J connectivity index is 3.01. The molecule has 0 spiro atoms. The first-order valence-corrected chi connectivity index (χ1v) is 7.42. The van der Waals surface area contributed by atoms with E-state index in [1.807, 2.05) is 6.92 Å². The zero-order valence-corrected chi connectivity index (χ0v) is 12.2. The van der Waals surface area contributed by atoms with Gasteiger partial charge >= 0.3 is 0 Å². The van der Waals surface area contributed by atoms with E-state index in [4.69, 9.17) is 30.5 Å². The summed E-state index contributed by atoms with van der Waals surface area (Å²) in [5.41, 5.74) is -0.564. The molecule has 0 aliphatic carbocycles. The first kappa shape index (κ1) is 17.1. The standard InChI is InChI=1S/C11H15ClO7S/c1-2-20-11-10(18-6-15)9(17-5-14)8(16-4-13)7(3-12)19-11/h4-11H,2-3H2,1H3/t7-,8-,9+,10-,11+/m1/s1. The Kier molecular flexibility index (Phi) is 7.71. The molecule has 1 aliphatic heterocycles. The summed E-state index contributed by atoms with van der Waals surface area (Å²) in [5, 5.41) is 0. The molecule has 9 heteroatoms. The number of carbonyl (C=O) groups excluding carboxylic acids is 3. The number of ether oxygens (including phenoxy) is 4. The highest BCUT2D eigenvalue weighted by Crippen LogP contribution is 2.33. The molecule has 0 aromatic rings. The van der Waals surface area contributed by atoms with Gasteiger partial charge in [0.15, 0.2) is 18.3 Å². The number of thioether (sulfide) groups is 1. The van der Waals surface area contributed by atoms with E-state index >= 15 is 0 Å². The van der Waals surface area contributed by atoms with Gasteiger partial charge in [0.05, 0.1) is 5.88 Å². The summed E-state index contributed by atoms with van der Waals surface area (Å²) in [7, 11) is 0. The van der Waals surface area contributed by atoms with Crippen LogP contribution in [-0.4, -0.2) is 60.9 Å². The second kappa shape index (κ2) is 9.04. The van der Waals surface area contributed by atoms with Crippen LogP contribution >= 0.6 is 23.4 Å². The summed E-state index contributed by atoms with van der Waals surface area (Å²) in [6.07, 6.45) is -3.45. The van der Waals surface area contributed by atoms with Crippen LogP contribution in [0.3, 0.4) is 0 Å². The van der Waals surface area contributed by atoms with Gasteiger partial charge in [-0.1, -0.05) is 6.92 Å². The van der Waals surface area contributed by atoms with Gasteiger partial charge < -0.3 is 18.9 Å². The van der Waals surface area contributed by atoms with Gasteiger partial charge in [-0.25, -0.2) is 0 Å². The lowest BCUT2D eigenvalue weighted by molar-refractivity contribution is -0.217. The van der Waals surface area contributed by atoms with Crippen molar-refractivity contribution in [3.63, 3.8) is 0 Å². The molecule has 0 radical (unpaired) electrons. The monoisotopic (exact) mass is 326 g/mol. The second-order valence-corrected chi connectivity index (χ2v) is 5.43. The fourth-order valence-electron chi connectivity index (χ4n) is 1.96. The topological polar surface area (TPSA) is 88.1 Å². The van der Waals surface area contributed by atoms with Crippen molar-refractivity contribution in [2.45, 2.75) is 36.8 Å². The number of hydrogen-bond acceptors (Lipinski definition) is 8. The van der Waals surface area contributed by atoms with Gasteiger partial charge in [0.25, 0.3) is 19.4 Å². The van der Waals surface area contributed by atoms with Crippen molar-refractivity contribution >= 4 is 42.8 Å². The molecule has 114 valence electrons. The Bertz CT molecular complexity index is 330. The van der Waals surface area contributed by atoms with Crippen LogP contribution in [0.4, 0.5) is 0 Å². The molecule has 1 saturated heterocycles. The maximum absolute atomic E-state index is 10.6. The third-order valence-electron chi connectivity index (χ3n) is 2.71. The predicted molar refractivity (Wildman–Crippen MR) is 70.3 cm³/mol. The van der Waals surface area contributed by atoms with Crippen LogP contribution in [0.25, 0.3) is 0 Å². The van der Waals surface area contributed by atoms with Gasteiger partial charge in [0.2, 0.25) is 0 Å². The Morgan fingerprint density at radius 2 is 1.60 bits per heavy atom.